The van der Waals surface area contributed by atoms with Crippen LogP contribution >= 0.6 is 33.9 Å². The van der Waals surface area contributed by atoms with Crippen LogP contribution in [0.2, 0.25) is 0 Å². The number of halogens is 1. The third kappa shape index (κ3) is 2.76. The van der Waals surface area contributed by atoms with Crippen LogP contribution in [0.5, 0.6) is 0 Å². The normalized spacial score (nSPS) is 31.6. The third-order valence-electron chi connectivity index (χ3n) is 4.24. The van der Waals surface area contributed by atoms with Crippen molar-refractivity contribution in [2.24, 2.45) is 5.92 Å². The Hall–Kier alpha value is 0.350. The molecular formula is C14H20INOS. The first kappa shape index (κ1) is 13.3. The highest BCUT2D eigenvalue weighted by atomic mass is 127. The van der Waals surface area contributed by atoms with E-state index in [0.29, 0.717) is 18.1 Å². The Labute approximate surface area is 127 Å². The molecule has 1 fully saturated rings. The average Bonchev–Trinajstić information content (AvgIpc) is 2.91. The SMILES string of the molecule is CC1OCCC1CNC1CCCc2sc(I)cc21. The number of hydrogen-bond donors (Lipinski definition) is 1. The molecule has 0 saturated carbocycles. The molecule has 4 heteroatoms. The zero-order valence-electron chi connectivity index (χ0n) is 10.7. The molecule has 18 heavy (non-hydrogen) atoms. The summed E-state index contributed by atoms with van der Waals surface area (Å²) in [5, 5.41) is 3.79. The van der Waals surface area contributed by atoms with Crippen LogP contribution in [0, 0.1) is 8.80 Å². The predicted octanol–water partition coefficient (Wildman–Crippen LogP) is 3.74. The van der Waals surface area contributed by atoms with Crippen molar-refractivity contribution in [3.63, 3.8) is 0 Å². The fourth-order valence-corrected chi connectivity index (χ4v) is 5.19. The maximum Gasteiger partial charge on any atom is 0.0659 e. The lowest BCUT2D eigenvalue weighted by molar-refractivity contribution is 0.104. The topological polar surface area (TPSA) is 21.3 Å². The van der Waals surface area contributed by atoms with Crippen LogP contribution in [-0.4, -0.2) is 19.3 Å². The Morgan fingerprint density at radius 3 is 3.17 bits per heavy atom. The second-order valence-corrected chi connectivity index (χ2v) is 8.44. The van der Waals surface area contributed by atoms with E-state index in [9.17, 15) is 0 Å². The van der Waals surface area contributed by atoms with Gasteiger partial charge in [-0.05, 0) is 72.7 Å². The van der Waals surface area contributed by atoms with Crippen molar-refractivity contribution in [1.29, 1.82) is 0 Å². The zero-order chi connectivity index (χ0) is 12.5. The summed E-state index contributed by atoms with van der Waals surface area (Å²) in [5.74, 6) is 0.702. The Balaban J connectivity index is 1.63. The highest BCUT2D eigenvalue weighted by Gasteiger charge is 2.27. The second kappa shape index (κ2) is 5.77. The van der Waals surface area contributed by atoms with Gasteiger partial charge in [0.2, 0.25) is 0 Å². The van der Waals surface area contributed by atoms with Crippen molar-refractivity contribution in [2.75, 3.05) is 13.2 Å². The minimum absolute atomic E-state index is 0.433. The van der Waals surface area contributed by atoms with Crippen LogP contribution in [0.15, 0.2) is 6.07 Å². The second-order valence-electron chi connectivity index (χ2n) is 5.41. The molecule has 2 aliphatic rings. The third-order valence-corrected chi connectivity index (χ3v) is 6.21. The number of hydrogen-bond acceptors (Lipinski definition) is 3. The number of thiophene rings is 1. The molecule has 3 atom stereocenters. The number of rotatable bonds is 3. The van der Waals surface area contributed by atoms with Crippen molar-refractivity contribution in [3.05, 3.63) is 19.4 Å². The van der Waals surface area contributed by atoms with Crippen LogP contribution in [0.4, 0.5) is 0 Å². The monoisotopic (exact) mass is 377 g/mol. The number of aryl methyl sites for hydroxylation is 1. The van der Waals surface area contributed by atoms with Gasteiger partial charge in [-0.2, -0.15) is 0 Å². The quantitative estimate of drug-likeness (QED) is 0.811. The molecule has 3 rings (SSSR count). The van der Waals surface area contributed by atoms with Gasteiger partial charge in [0.1, 0.15) is 0 Å². The van der Waals surface area contributed by atoms with Gasteiger partial charge in [-0.15, -0.1) is 11.3 Å². The maximum absolute atomic E-state index is 5.64. The molecular weight excluding hydrogens is 357 g/mol. The highest BCUT2D eigenvalue weighted by molar-refractivity contribution is 14.1. The first-order chi connectivity index (χ1) is 8.74. The molecule has 1 aromatic heterocycles. The lowest BCUT2D eigenvalue weighted by Gasteiger charge is -2.26. The van der Waals surface area contributed by atoms with E-state index in [1.165, 1.54) is 28.6 Å². The van der Waals surface area contributed by atoms with Gasteiger partial charge < -0.3 is 10.1 Å². The van der Waals surface area contributed by atoms with Crippen molar-refractivity contribution in [2.45, 2.75) is 44.8 Å². The molecule has 0 bridgehead atoms. The molecule has 2 nitrogen and oxygen atoms in total. The minimum atomic E-state index is 0.433. The highest BCUT2D eigenvalue weighted by Crippen LogP contribution is 2.36. The van der Waals surface area contributed by atoms with E-state index >= 15 is 0 Å². The van der Waals surface area contributed by atoms with Crippen LogP contribution in [0.3, 0.4) is 0 Å². The lowest BCUT2D eigenvalue weighted by Crippen LogP contribution is -2.31. The van der Waals surface area contributed by atoms with Gasteiger partial charge in [0.15, 0.2) is 0 Å². The van der Waals surface area contributed by atoms with Crippen LogP contribution in [0.1, 0.15) is 42.7 Å². The van der Waals surface area contributed by atoms with E-state index in [1.54, 1.807) is 10.4 Å². The van der Waals surface area contributed by atoms with Crippen molar-refractivity contribution in [1.82, 2.24) is 5.32 Å². The molecule has 0 aromatic carbocycles. The van der Waals surface area contributed by atoms with Crippen molar-refractivity contribution >= 4 is 33.9 Å². The summed E-state index contributed by atoms with van der Waals surface area (Å²) in [5.41, 5.74) is 1.57. The summed E-state index contributed by atoms with van der Waals surface area (Å²) < 4.78 is 7.07. The fraction of sp³-hybridized carbons (Fsp3) is 0.714. The smallest absolute Gasteiger partial charge is 0.0659 e. The summed E-state index contributed by atoms with van der Waals surface area (Å²) in [6.07, 6.45) is 5.56. The van der Waals surface area contributed by atoms with Crippen LogP contribution in [-0.2, 0) is 11.2 Å². The molecule has 1 aromatic rings. The molecule has 3 unspecified atom stereocenters. The maximum atomic E-state index is 5.64. The van der Waals surface area contributed by atoms with Gasteiger partial charge in [-0.25, -0.2) is 0 Å². The lowest BCUT2D eigenvalue weighted by atomic mass is 9.93. The van der Waals surface area contributed by atoms with E-state index in [1.807, 2.05) is 11.3 Å². The Morgan fingerprint density at radius 1 is 1.50 bits per heavy atom. The van der Waals surface area contributed by atoms with Gasteiger partial charge in [0.05, 0.1) is 8.99 Å². The number of nitrogens with one attached hydrogen (secondary N) is 1. The van der Waals surface area contributed by atoms with Gasteiger partial charge in [0.25, 0.3) is 0 Å². The van der Waals surface area contributed by atoms with Crippen molar-refractivity contribution in [3.8, 4) is 0 Å². The van der Waals surface area contributed by atoms with E-state index in [-0.39, 0.29) is 0 Å². The fourth-order valence-electron chi connectivity index (χ4n) is 3.07. The van der Waals surface area contributed by atoms with Crippen LogP contribution in [0.25, 0.3) is 0 Å². The molecule has 100 valence electrons. The molecule has 1 aliphatic carbocycles. The molecule has 1 N–H and O–H groups in total. The predicted molar refractivity (Wildman–Crippen MR) is 84.2 cm³/mol. The van der Waals surface area contributed by atoms with Gasteiger partial charge in [-0.3, -0.25) is 0 Å². The van der Waals surface area contributed by atoms with Gasteiger partial charge >= 0.3 is 0 Å². The standard InChI is InChI=1S/C14H20INOS/c1-9-10(5-6-17-9)8-16-12-3-2-4-13-11(12)7-14(15)18-13/h7,9-10,12,16H,2-6,8H2,1H3. The molecule has 2 heterocycles. The molecule has 0 amide bonds. The van der Waals surface area contributed by atoms with Crippen LogP contribution < -0.4 is 5.32 Å². The van der Waals surface area contributed by atoms with E-state index < -0.39 is 0 Å². The first-order valence-electron chi connectivity index (χ1n) is 6.87. The molecule has 0 spiro atoms. The zero-order valence-corrected chi connectivity index (χ0v) is 13.7. The summed E-state index contributed by atoms with van der Waals surface area (Å²) in [6, 6.07) is 2.97. The van der Waals surface area contributed by atoms with Gasteiger partial charge in [-0.1, -0.05) is 0 Å². The molecule has 0 radical (unpaired) electrons. The van der Waals surface area contributed by atoms with E-state index in [2.05, 4.69) is 40.9 Å². The summed E-state index contributed by atoms with van der Waals surface area (Å²) in [7, 11) is 0. The number of fused-ring (bicyclic) bond motifs is 1. The largest absolute Gasteiger partial charge is 0.378 e. The Kier molecular flexibility index (Phi) is 4.28. The number of ether oxygens (including phenoxy) is 1. The molecule has 1 saturated heterocycles. The Morgan fingerprint density at radius 2 is 2.39 bits per heavy atom. The average molecular weight is 377 g/mol. The van der Waals surface area contributed by atoms with Crippen molar-refractivity contribution < 1.29 is 4.74 Å². The Bertz CT molecular complexity index is 420. The first-order valence-corrected chi connectivity index (χ1v) is 8.76. The van der Waals surface area contributed by atoms with Gasteiger partial charge in [0, 0.05) is 24.1 Å². The minimum Gasteiger partial charge on any atom is -0.378 e. The van der Waals surface area contributed by atoms with E-state index in [0.717, 1.165) is 13.2 Å². The summed E-state index contributed by atoms with van der Waals surface area (Å²) in [6.45, 7) is 4.26. The summed E-state index contributed by atoms with van der Waals surface area (Å²) in [4.78, 5) is 1.61. The van der Waals surface area contributed by atoms with E-state index in [4.69, 9.17) is 4.74 Å². The summed E-state index contributed by atoms with van der Waals surface area (Å²) >= 11 is 4.43. The molecule has 1 aliphatic heterocycles.